The second-order valence-corrected chi connectivity index (χ2v) is 8.53. The molecule has 0 radical (unpaired) electrons. The molecule has 3 heteroatoms. The van der Waals surface area contributed by atoms with Crippen LogP contribution in [0.15, 0.2) is 30.6 Å². The van der Waals surface area contributed by atoms with E-state index in [-0.39, 0.29) is 17.0 Å². The highest BCUT2D eigenvalue weighted by Gasteiger charge is 1.95. The largest absolute Gasteiger partial charge is 0.330 e. The van der Waals surface area contributed by atoms with Crippen LogP contribution in [0.5, 0.6) is 0 Å². The number of pyridine rings is 1. The third kappa shape index (κ3) is 29.8. The molecule has 1 aromatic rings. The van der Waals surface area contributed by atoms with Crippen molar-refractivity contribution in [3.8, 4) is 0 Å². The van der Waals surface area contributed by atoms with Crippen LogP contribution in [0.3, 0.4) is 0 Å². The third-order valence-electron chi connectivity index (χ3n) is 5.62. The summed E-state index contributed by atoms with van der Waals surface area (Å²) in [7, 11) is 0. The Labute approximate surface area is 200 Å². The van der Waals surface area contributed by atoms with Crippen molar-refractivity contribution in [1.82, 2.24) is 4.98 Å². The zero-order chi connectivity index (χ0) is 21.1. The molecule has 0 aliphatic rings. The fourth-order valence-electron chi connectivity index (χ4n) is 3.71. The first-order chi connectivity index (χ1) is 14.4. The zero-order valence-corrected chi connectivity index (χ0v) is 21.9. The molecule has 0 fully saturated rings. The SMILES string of the molecule is Br.CCCCCCCCCCCCCCCCCCCCCCN.c1ccncc1. The van der Waals surface area contributed by atoms with Crippen LogP contribution >= 0.6 is 17.0 Å². The van der Waals surface area contributed by atoms with Gasteiger partial charge in [0.05, 0.1) is 0 Å². The summed E-state index contributed by atoms with van der Waals surface area (Å²) >= 11 is 0. The summed E-state index contributed by atoms with van der Waals surface area (Å²) in [5.41, 5.74) is 5.51. The average Bonchev–Trinajstić information content (AvgIpc) is 2.77. The number of hydrogen-bond acceptors (Lipinski definition) is 2. The second-order valence-electron chi connectivity index (χ2n) is 8.53. The quantitative estimate of drug-likeness (QED) is 0.187. The normalized spacial score (nSPS) is 10.2. The molecule has 0 unspecified atom stereocenters. The molecule has 0 bridgehead atoms. The van der Waals surface area contributed by atoms with Gasteiger partial charge < -0.3 is 5.73 Å². The number of hydrogen-bond donors (Lipinski definition) is 1. The van der Waals surface area contributed by atoms with Gasteiger partial charge >= 0.3 is 0 Å². The first-order valence-corrected chi connectivity index (χ1v) is 13.0. The monoisotopic (exact) mass is 484 g/mol. The molecule has 2 nitrogen and oxygen atoms in total. The molecule has 0 spiro atoms. The fraction of sp³-hybridized carbons (Fsp3) is 0.815. The van der Waals surface area contributed by atoms with Crippen molar-refractivity contribution in [2.75, 3.05) is 6.54 Å². The van der Waals surface area contributed by atoms with E-state index < -0.39 is 0 Å². The molecule has 30 heavy (non-hydrogen) atoms. The summed E-state index contributed by atoms with van der Waals surface area (Å²) in [5, 5.41) is 0. The highest BCUT2D eigenvalue weighted by Crippen LogP contribution is 2.14. The van der Waals surface area contributed by atoms with E-state index in [4.69, 9.17) is 5.73 Å². The Bertz CT molecular complexity index is 326. The molecule has 1 heterocycles. The summed E-state index contributed by atoms with van der Waals surface area (Å²) in [6.07, 6.45) is 32.3. The number of aromatic nitrogens is 1. The molecule has 0 aromatic carbocycles. The molecule has 2 N–H and O–H groups in total. The van der Waals surface area contributed by atoms with Crippen molar-refractivity contribution in [1.29, 1.82) is 0 Å². The van der Waals surface area contributed by atoms with Gasteiger partial charge in [0.25, 0.3) is 0 Å². The van der Waals surface area contributed by atoms with Gasteiger partial charge in [0.15, 0.2) is 0 Å². The lowest BCUT2D eigenvalue weighted by Gasteiger charge is -2.04. The van der Waals surface area contributed by atoms with Crippen LogP contribution in [0.25, 0.3) is 0 Å². The van der Waals surface area contributed by atoms with Crippen LogP contribution < -0.4 is 5.73 Å². The standard InChI is InChI=1S/C22H47N.C5H5N.BrH/c1-2-3-4-5-6-7-8-9-10-11-12-13-14-15-16-17-18-19-20-21-22-23;1-2-4-6-5-3-1;/h2-23H2,1H3;1-5H;1H. The van der Waals surface area contributed by atoms with Crippen LogP contribution in [0.1, 0.15) is 135 Å². The minimum Gasteiger partial charge on any atom is -0.330 e. The average molecular weight is 486 g/mol. The molecule has 0 amide bonds. The highest BCUT2D eigenvalue weighted by molar-refractivity contribution is 8.93. The van der Waals surface area contributed by atoms with Gasteiger partial charge in [0.2, 0.25) is 0 Å². The van der Waals surface area contributed by atoms with Crippen molar-refractivity contribution in [3.63, 3.8) is 0 Å². The number of unbranched alkanes of at least 4 members (excludes halogenated alkanes) is 19. The summed E-state index contributed by atoms with van der Waals surface area (Å²) in [4.78, 5) is 3.78. The Morgan fingerprint density at radius 1 is 0.467 bits per heavy atom. The summed E-state index contributed by atoms with van der Waals surface area (Å²) in [5.74, 6) is 0. The molecular formula is C27H53BrN2. The lowest BCUT2D eigenvalue weighted by Crippen LogP contribution is -1.97. The van der Waals surface area contributed by atoms with Crippen molar-refractivity contribution in [3.05, 3.63) is 30.6 Å². The van der Waals surface area contributed by atoms with E-state index in [2.05, 4.69) is 11.9 Å². The highest BCUT2D eigenvalue weighted by atomic mass is 79.9. The van der Waals surface area contributed by atoms with Crippen LogP contribution in [0.4, 0.5) is 0 Å². The minimum absolute atomic E-state index is 0. The van der Waals surface area contributed by atoms with Crippen LogP contribution in [-0.4, -0.2) is 11.5 Å². The van der Waals surface area contributed by atoms with Gasteiger partial charge in [0.1, 0.15) is 0 Å². The van der Waals surface area contributed by atoms with Gasteiger partial charge in [-0.15, -0.1) is 17.0 Å². The van der Waals surface area contributed by atoms with E-state index in [0.29, 0.717) is 0 Å². The van der Waals surface area contributed by atoms with Crippen LogP contribution in [-0.2, 0) is 0 Å². The molecule has 1 rings (SSSR count). The van der Waals surface area contributed by atoms with Gasteiger partial charge in [-0.2, -0.15) is 0 Å². The Hall–Kier alpha value is -0.410. The topological polar surface area (TPSA) is 38.9 Å². The zero-order valence-electron chi connectivity index (χ0n) is 20.2. The lowest BCUT2D eigenvalue weighted by molar-refractivity contribution is 0.522. The number of rotatable bonds is 20. The Kier molecular flexibility index (Phi) is 32.6. The van der Waals surface area contributed by atoms with E-state index >= 15 is 0 Å². The molecular weight excluding hydrogens is 432 g/mol. The first kappa shape index (κ1) is 31.8. The van der Waals surface area contributed by atoms with E-state index in [0.717, 1.165) is 6.54 Å². The van der Waals surface area contributed by atoms with Crippen LogP contribution in [0.2, 0.25) is 0 Å². The first-order valence-electron chi connectivity index (χ1n) is 13.0. The van der Waals surface area contributed by atoms with Gasteiger partial charge in [-0.1, -0.05) is 135 Å². The summed E-state index contributed by atoms with van der Waals surface area (Å²) in [6.45, 7) is 3.17. The predicted octanol–water partition coefficient (Wildman–Crippen LogP) is 9.43. The third-order valence-corrected chi connectivity index (χ3v) is 5.62. The molecule has 178 valence electrons. The van der Waals surface area contributed by atoms with E-state index in [1.54, 1.807) is 12.4 Å². The van der Waals surface area contributed by atoms with Crippen LogP contribution in [0, 0.1) is 0 Å². The number of nitrogens with two attached hydrogens (primary N) is 1. The minimum atomic E-state index is 0. The fourth-order valence-corrected chi connectivity index (χ4v) is 3.71. The molecule has 0 aliphatic carbocycles. The summed E-state index contributed by atoms with van der Waals surface area (Å²) < 4.78 is 0. The Balaban J connectivity index is 0. The Morgan fingerprint density at radius 2 is 0.767 bits per heavy atom. The molecule has 0 aliphatic heterocycles. The van der Waals surface area contributed by atoms with Gasteiger partial charge in [-0.05, 0) is 25.1 Å². The van der Waals surface area contributed by atoms with Gasteiger partial charge in [-0.25, -0.2) is 0 Å². The van der Waals surface area contributed by atoms with Gasteiger partial charge in [0, 0.05) is 12.4 Å². The summed E-state index contributed by atoms with van der Waals surface area (Å²) in [6, 6.07) is 5.72. The molecule has 1 aromatic heterocycles. The van der Waals surface area contributed by atoms with Gasteiger partial charge in [-0.3, -0.25) is 4.98 Å². The maximum Gasteiger partial charge on any atom is 0.0267 e. The number of nitrogens with zero attached hydrogens (tertiary/aromatic N) is 1. The molecule has 0 atom stereocenters. The Morgan fingerprint density at radius 3 is 0.967 bits per heavy atom. The van der Waals surface area contributed by atoms with Crippen molar-refractivity contribution < 1.29 is 0 Å². The number of halogens is 1. The smallest absolute Gasteiger partial charge is 0.0267 e. The lowest BCUT2D eigenvalue weighted by atomic mass is 10.0. The predicted molar refractivity (Wildman–Crippen MR) is 142 cm³/mol. The van der Waals surface area contributed by atoms with Crippen molar-refractivity contribution in [2.45, 2.75) is 135 Å². The maximum absolute atomic E-state index is 5.51. The van der Waals surface area contributed by atoms with E-state index in [1.807, 2.05) is 18.2 Å². The maximum atomic E-state index is 5.51. The van der Waals surface area contributed by atoms with Crippen molar-refractivity contribution >= 4 is 17.0 Å². The second kappa shape index (κ2) is 30.8. The van der Waals surface area contributed by atoms with E-state index in [1.165, 1.54) is 128 Å². The molecule has 0 saturated carbocycles. The van der Waals surface area contributed by atoms with E-state index in [9.17, 15) is 0 Å². The molecule has 0 saturated heterocycles. The van der Waals surface area contributed by atoms with Crippen molar-refractivity contribution in [2.24, 2.45) is 5.73 Å².